The Morgan fingerprint density at radius 1 is 1.14 bits per heavy atom. The van der Waals surface area contributed by atoms with Crippen molar-refractivity contribution in [1.82, 2.24) is 15.1 Å². The first-order chi connectivity index (χ1) is 13.9. The molecule has 3 aromatic rings. The van der Waals surface area contributed by atoms with Gasteiger partial charge in [-0.1, -0.05) is 24.3 Å². The van der Waals surface area contributed by atoms with Gasteiger partial charge >= 0.3 is 0 Å². The molecule has 1 N–H and O–H groups in total. The molecule has 0 aliphatic carbocycles. The van der Waals surface area contributed by atoms with Gasteiger partial charge in [-0.05, 0) is 38.1 Å². The van der Waals surface area contributed by atoms with Gasteiger partial charge in [0.05, 0.1) is 6.04 Å². The highest BCUT2D eigenvalue weighted by atomic mass is 19.1. The molecule has 0 aliphatic rings. The Labute approximate surface area is 165 Å². The maximum Gasteiger partial charge on any atom is 0.276 e. The molecule has 29 heavy (non-hydrogen) atoms. The summed E-state index contributed by atoms with van der Waals surface area (Å²) in [4.78, 5) is 24.8. The Morgan fingerprint density at radius 2 is 1.79 bits per heavy atom. The molecule has 0 saturated carbocycles. The zero-order valence-electron chi connectivity index (χ0n) is 15.9. The number of nitrogens with one attached hydrogen (secondary N) is 1. The Hall–Kier alpha value is -3.55. The van der Waals surface area contributed by atoms with Gasteiger partial charge in [-0.3, -0.25) is 9.59 Å². The fourth-order valence-electron chi connectivity index (χ4n) is 2.68. The molecule has 1 aromatic heterocycles. The van der Waals surface area contributed by atoms with Crippen LogP contribution in [0.3, 0.4) is 0 Å². The second-order valence-electron chi connectivity index (χ2n) is 6.48. The van der Waals surface area contributed by atoms with E-state index in [1.54, 1.807) is 26.0 Å². The molecule has 0 bridgehead atoms. The first-order valence-electron chi connectivity index (χ1n) is 8.91. The maximum absolute atomic E-state index is 14.1. The maximum atomic E-state index is 14.1. The van der Waals surface area contributed by atoms with Crippen LogP contribution < -0.4 is 15.5 Å². The lowest BCUT2D eigenvalue weighted by atomic mass is 10.2. The SMILES string of the molecule is Cc1cc(=O)c(C(=O)NC(C)COc2ccccc2F)nn1-c1ccccc1F. The molecule has 1 heterocycles. The smallest absolute Gasteiger partial charge is 0.276 e. The Balaban J connectivity index is 1.77. The van der Waals surface area contributed by atoms with Crippen molar-refractivity contribution in [2.24, 2.45) is 0 Å². The summed E-state index contributed by atoms with van der Waals surface area (Å²) < 4.78 is 34.3. The van der Waals surface area contributed by atoms with E-state index in [4.69, 9.17) is 4.74 Å². The van der Waals surface area contributed by atoms with Gasteiger partial charge in [0.25, 0.3) is 5.91 Å². The first kappa shape index (κ1) is 20.2. The largest absolute Gasteiger partial charge is 0.488 e. The lowest BCUT2D eigenvalue weighted by molar-refractivity contribution is 0.0918. The van der Waals surface area contributed by atoms with Gasteiger partial charge in [0.2, 0.25) is 5.43 Å². The summed E-state index contributed by atoms with van der Waals surface area (Å²) in [6.07, 6.45) is 0. The molecule has 1 atom stereocenters. The summed E-state index contributed by atoms with van der Waals surface area (Å²) in [5.74, 6) is -1.72. The molecule has 1 amide bonds. The number of benzene rings is 2. The molecule has 0 fully saturated rings. The van der Waals surface area contributed by atoms with Gasteiger partial charge in [0.1, 0.15) is 18.1 Å². The van der Waals surface area contributed by atoms with Gasteiger partial charge in [0, 0.05) is 11.8 Å². The highest BCUT2D eigenvalue weighted by Crippen LogP contribution is 2.15. The van der Waals surface area contributed by atoms with Crippen LogP contribution >= 0.6 is 0 Å². The van der Waals surface area contributed by atoms with E-state index in [2.05, 4.69) is 10.4 Å². The second-order valence-corrected chi connectivity index (χ2v) is 6.48. The highest BCUT2D eigenvalue weighted by Gasteiger charge is 2.18. The molecule has 0 radical (unpaired) electrons. The number of halogens is 2. The minimum Gasteiger partial charge on any atom is -0.488 e. The van der Waals surface area contributed by atoms with Crippen LogP contribution in [-0.4, -0.2) is 28.3 Å². The van der Waals surface area contributed by atoms with Gasteiger partial charge in [-0.2, -0.15) is 5.10 Å². The summed E-state index contributed by atoms with van der Waals surface area (Å²) in [6.45, 7) is 3.22. The van der Waals surface area contributed by atoms with Crippen molar-refractivity contribution in [1.29, 1.82) is 0 Å². The number of aryl methyl sites for hydroxylation is 1. The predicted octanol–water partition coefficient (Wildman–Crippen LogP) is 3.02. The Kier molecular flexibility index (Phi) is 6.01. The molecular weight excluding hydrogens is 380 g/mol. The van der Waals surface area contributed by atoms with Crippen LogP contribution in [0.5, 0.6) is 5.75 Å². The number of carbonyl (C=O) groups excluding carboxylic acids is 1. The summed E-state index contributed by atoms with van der Waals surface area (Å²) in [5.41, 5.74) is -0.464. The van der Waals surface area contributed by atoms with Crippen LogP contribution in [0.15, 0.2) is 59.4 Å². The standard InChI is InChI=1S/C21H19F2N3O3/c1-13(12-29-19-10-6-4-8-16(19)23)24-21(28)20-18(27)11-14(2)26(25-20)17-9-5-3-7-15(17)22/h3-11,13H,12H2,1-2H3,(H,24,28). The van der Waals surface area contributed by atoms with E-state index in [1.807, 2.05) is 0 Å². The Bertz CT molecular complexity index is 1100. The summed E-state index contributed by atoms with van der Waals surface area (Å²) in [6, 6.07) is 12.5. The molecule has 0 saturated heterocycles. The van der Waals surface area contributed by atoms with E-state index in [0.29, 0.717) is 5.69 Å². The van der Waals surface area contributed by atoms with E-state index >= 15 is 0 Å². The van der Waals surface area contributed by atoms with Gasteiger partial charge in [-0.15, -0.1) is 0 Å². The zero-order chi connectivity index (χ0) is 21.0. The van der Waals surface area contributed by atoms with Crippen LogP contribution in [0.25, 0.3) is 5.69 Å². The fourth-order valence-corrected chi connectivity index (χ4v) is 2.68. The van der Waals surface area contributed by atoms with Crippen molar-refractivity contribution in [2.75, 3.05) is 6.61 Å². The molecule has 1 unspecified atom stereocenters. The minimum absolute atomic E-state index is 0.0139. The van der Waals surface area contributed by atoms with Gasteiger partial charge in [-0.25, -0.2) is 13.5 Å². The third kappa shape index (κ3) is 4.66. The molecule has 2 aromatic carbocycles. The number of hydrogen-bond donors (Lipinski definition) is 1. The molecule has 0 aliphatic heterocycles. The minimum atomic E-state index is -0.732. The van der Waals surface area contributed by atoms with Crippen LogP contribution in [-0.2, 0) is 0 Å². The van der Waals surface area contributed by atoms with Crippen molar-refractivity contribution < 1.29 is 18.3 Å². The van der Waals surface area contributed by atoms with Crippen LogP contribution in [0.2, 0.25) is 0 Å². The lowest BCUT2D eigenvalue weighted by Crippen LogP contribution is -2.40. The van der Waals surface area contributed by atoms with Gasteiger partial charge < -0.3 is 10.1 Å². The number of carbonyl (C=O) groups is 1. The van der Waals surface area contributed by atoms with Gasteiger partial charge in [0.15, 0.2) is 17.3 Å². The van der Waals surface area contributed by atoms with E-state index in [9.17, 15) is 18.4 Å². The Morgan fingerprint density at radius 3 is 2.48 bits per heavy atom. The third-order valence-corrected chi connectivity index (χ3v) is 4.11. The van der Waals surface area contributed by atoms with Crippen molar-refractivity contribution in [3.63, 3.8) is 0 Å². The monoisotopic (exact) mass is 399 g/mol. The summed E-state index contributed by atoms with van der Waals surface area (Å²) >= 11 is 0. The quantitative estimate of drug-likeness (QED) is 0.692. The predicted molar refractivity (Wildman–Crippen MR) is 103 cm³/mol. The zero-order valence-corrected chi connectivity index (χ0v) is 15.9. The first-order valence-corrected chi connectivity index (χ1v) is 8.91. The number of para-hydroxylation sites is 2. The van der Waals surface area contributed by atoms with Crippen molar-refractivity contribution in [3.8, 4) is 11.4 Å². The van der Waals surface area contributed by atoms with E-state index < -0.39 is 29.0 Å². The lowest BCUT2D eigenvalue weighted by Gasteiger charge is -2.16. The molecule has 3 rings (SSSR count). The van der Waals surface area contributed by atoms with Crippen molar-refractivity contribution in [3.05, 3.63) is 87.8 Å². The van der Waals surface area contributed by atoms with Crippen LogP contribution in [0.1, 0.15) is 23.1 Å². The summed E-state index contributed by atoms with van der Waals surface area (Å²) in [7, 11) is 0. The number of rotatable bonds is 6. The number of aromatic nitrogens is 2. The van der Waals surface area contributed by atoms with E-state index in [1.165, 1.54) is 47.1 Å². The third-order valence-electron chi connectivity index (χ3n) is 4.11. The molecule has 6 nitrogen and oxygen atoms in total. The average molecular weight is 399 g/mol. The number of hydrogen-bond acceptors (Lipinski definition) is 4. The second kappa shape index (κ2) is 8.64. The number of nitrogens with zero attached hydrogens (tertiary/aromatic N) is 2. The molecule has 8 heteroatoms. The topological polar surface area (TPSA) is 73.2 Å². The molecule has 0 spiro atoms. The van der Waals surface area contributed by atoms with E-state index in [0.717, 1.165) is 0 Å². The summed E-state index contributed by atoms with van der Waals surface area (Å²) in [5, 5.41) is 6.62. The van der Waals surface area contributed by atoms with Crippen LogP contribution in [0.4, 0.5) is 8.78 Å². The number of ether oxygens (including phenoxy) is 1. The van der Waals surface area contributed by atoms with Crippen molar-refractivity contribution in [2.45, 2.75) is 19.9 Å². The molecule has 150 valence electrons. The normalized spacial score (nSPS) is 11.7. The van der Waals surface area contributed by atoms with E-state index in [-0.39, 0.29) is 23.7 Å². The number of amides is 1. The fraction of sp³-hybridized carbons (Fsp3) is 0.190. The molecular formula is C21H19F2N3O3. The van der Waals surface area contributed by atoms with Crippen molar-refractivity contribution >= 4 is 5.91 Å². The van der Waals surface area contributed by atoms with Crippen LogP contribution in [0, 0.1) is 18.6 Å². The average Bonchev–Trinajstić information content (AvgIpc) is 2.68. The highest BCUT2D eigenvalue weighted by molar-refractivity contribution is 5.92.